The molecular weight excluding hydrogens is 390 g/mol. The van der Waals surface area contributed by atoms with Crippen LogP contribution in [0.2, 0.25) is 0 Å². The Morgan fingerprint density at radius 1 is 1.07 bits per heavy atom. The third-order valence-electron chi connectivity index (χ3n) is 5.23. The summed E-state index contributed by atoms with van der Waals surface area (Å²) >= 11 is 0. The highest BCUT2D eigenvalue weighted by atomic mass is 16.5. The van der Waals surface area contributed by atoms with Gasteiger partial charge < -0.3 is 24.1 Å². The molecule has 3 heterocycles. The highest BCUT2D eigenvalue weighted by molar-refractivity contribution is 5.99. The van der Waals surface area contributed by atoms with Crippen LogP contribution in [0.5, 0.6) is 11.8 Å². The molecule has 0 unspecified atom stereocenters. The monoisotopic (exact) mass is 411 g/mol. The van der Waals surface area contributed by atoms with Crippen LogP contribution < -0.4 is 14.8 Å². The molecule has 0 aromatic carbocycles. The van der Waals surface area contributed by atoms with Gasteiger partial charge in [-0.2, -0.15) is 0 Å². The van der Waals surface area contributed by atoms with Crippen molar-refractivity contribution in [1.82, 2.24) is 19.5 Å². The summed E-state index contributed by atoms with van der Waals surface area (Å²) in [6.45, 7) is 0. The van der Waals surface area contributed by atoms with Crippen molar-refractivity contribution in [2.24, 2.45) is 18.9 Å². The first kappa shape index (κ1) is 19.6. The van der Waals surface area contributed by atoms with Gasteiger partial charge in [-0.1, -0.05) is 0 Å². The number of nitrogens with one attached hydrogen (secondary N) is 1. The summed E-state index contributed by atoms with van der Waals surface area (Å²) in [5, 5.41) is 3.63. The number of methoxy groups -OCH3 is 3. The van der Waals surface area contributed by atoms with E-state index in [1.807, 2.05) is 17.7 Å². The van der Waals surface area contributed by atoms with Crippen LogP contribution in [-0.4, -0.2) is 52.7 Å². The topological polar surface area (TPSA) is 117 Å². The molecule has 1 amide bonds. The van der Waals surface area contributed by atoms with Crippen molar-refractivity contribution in [2.75, 3.05) is 26.6 Å². The molecule has 0 saturated heterocycles. The number of fused-ring (bicyclic) bond motifs is 1. The van der Waals surface area contributed by atoms with Crippen molar-refractivity contribution in [3.05, 3.63) is 24.7 Å². The average molecular weight is 411 g/mol. The molecule has 1 fully saturated rings. The lowest BCUT2D eigenvalue weighted by Gasteiger charge is -2.11. The second-order valence-corrected chi connectivity index (χ2v) is 6.95. The Bertz CT molecular complexity index is 1120. The quantitative estimate of drug-likeness (QED) is 0.610. The number of amides is 1. The lowest BCUT2D eigenvalue weighted by Crippen LogP contribution is -2.18. The fourth-order valence-electron chi connectivity index (χ4n) is 3.54. The first-order valence-electron chi connectivity index (χ1n) is 9.26. The van der Waals surface area contributed by atoms with E-state index < -0.39 is 0 Å². The maximum atomic E-state index is 12.4. The molecular formula is C20H21N5O5. The number of hydrogen-bond acceptors (Lipinski definition) is 8. The number of ether oxygens (including phenoxy) is 3. The molecule has 0 aliphatic heterocycles. The molecule has 156 valence electrons. The largest absolute Gasteiger partial charge is 0.480 e. The molecule has 10 heteroatoms. The maximum absolute atomic E-state index is 12.4. The van der Waals surface area contributed by atoms with Gasteiger partial charge in [-0.25, -0.2) is 15.0 Å². The average Bonchev–Trinajstić information content (AvgIpc) is 3.51. The number of carbonyl (C=O) groups is 2. The normalized spacial score (nSPS) is 17.5. The molecule has 3 aromatic rings. The van der Waals surface area contributed by atoms with Crippen LogP contribution in [0.1, 0.15) is 6.42 Å². The molecule has 2 atom stereocenters. The summed E-state index contributed by atoms with van der Waals surface area (Å²) in [7, 11) is 6.26. The zero-order valence-corrected chi connectivity index (χ0v) is 17.0. The molecule has 1 N–H and O–H groups in total. The number of aryl methyl sites for hydroxylation is 1. The number of aromatic nitrogens is 4. The van der Waals surface area contributed by atoms with E-state index in [1.165, 1.54) is 27.7 Å². The van der Waals surface area contributed by atoms with E-state index in [2.05, 4.69) is 20.3 Å². The molecule has 4 rings (SSSR count). The van der Waals surface area contributed by atoms with Crippen LogP contribution in [-0.2, 0) is 21.4 Å². The summed E-state index contributed by atoms with van der Waals surface area (Å²) in [5.41, 5.74) is 2.23. The van der Waals surface area contributed by atoms with Gasteiger partial charge in [0.2, 0.25) is 17.7 Å². The Morgan fingerprint density at radius 3 is 2.40 bits per heavy atom. The van der Waals surface area contributed by atoms with Crippen LogP contribution in [0.3, 0.4) is 0 Å². The van der Waals surface area contributed by atoms with Crippen LogP contribution in [0.15, 0.2) is 24.7 Å². The minimum Gasteiger partial charge on any atom is -0.480 e. The molecule has 1 saturated carbocycles. The van der Waals surface area contributed by atoms with Crippen molar-refractivity contribution in [2.45, 2.75) is 6.42 Å². The first-order valence-corrected chi connectivity index (χ1v) is 9.26. The number of esters is 1. The Balaban J connectivity index is 1.65. The van der Waals surface area contributed by atoms with Gasteiger partial charge in [0.15, 0.2) is 0 Å². The number of anilines is 1. The van der Waals surface area contributed by atoms with Crippen LogP contribution in [0, 0.1) is 11.8 Å². The molecule has 3 aromatic heterocycles. The van der Waals surface area contributed by atoms with Gasteiger partial charge in [-0.3, -0.25) is 9.59 Å². The van der Waals surface area contributed by atoms with Gasteiger partial charge in [0.1, 0.15) is 17.7 Å². The number of hydrogen-bond donors (Lipinski definition) is 1. The smallest absolute Gasteiger partial charge is 0.309 e. The third kappa shape index (κ3) is 3.30. The predicted octanol–water partition coefficient (Wildman–Crippen LogP) is 1.80. The van der Waals surface area contributed by atoms with Crippen molar-refractivity contribution < 1.29 is 23.8 Å². The number of carbonyl (C=O) groups excluding carboxylic acids is 2. The minimum atomic E-state index is -0.378. The van der Waals surface area contributed by atoms with Gasteiger partial charge in [0, 0.05) is 12.4 Å². The number of nitrogens with zero attached hydrogens (tertiary/aromatic N) is 4. The van der Waals surface area contributed by atoms with E-state index >= 15 is 0 Å². The molecule has 30 heavy (non-hydrogen) atoms. The van der Waals surface area contributed by atoms with E-state index in [0.29, 0.717) is 29.6 Å². The lowest BCUT2D eigenvalue weighted by atomic mass is 10.2. The fourth-order valence-corrected chi connectivity index (χ4v) is 3.54. The van der Waals surface area contributed by atoms with Crippen LogP contribution >= 0.6 is 0 Å². The van der Waals surface area contributed by atoms with E-state index in [0.717, 1.165) is 16.6 Å². The molecule has 0 bridgehead atoms. The summed E-state index contributed by atoms with van der Waals surface area (Å²) < 4.78 is 17.4. The van der Waals surface area contributed by atoms with E-state index in [1.54, 1.807) is 12.3 Å². The molecule has 10 nitrogen and oxygen atoms in total. The maximum Gasteiger partial charge on any atom is 0.309 e. The Kier molecular flexibility index (Phi) is 4.98. The summed E-state index contributed by atoms with van der Waals surface area (Å²) in [6.07, 6.45) is 3.53. The highest BCUT2D eigenvalue weighted by Crippen LogP contribution is 2.41. The van der Waals surface area contributed by atoms with E-state index in [-0.39, 0.29) is 23.7 Å². The van der Waals surface area contributed by atoms with E-state index in [9.17, 15) is 9.59 Å². The SMILES string of the molecule is COC(=O)[C@@H]1C[C@H]1C(=O)Nc1cc2cc(-c3c(OC)ncnc3OC)n(C)c2cn1. The van der Waals surface area contributed by atoms with Crippen LogP contribution in [0.4, 0.5) is 5.82 Å². The Hall–Kier alpha value is -3.69. The van der Waals surface area contributed by atoms with Gasteiger partial charge in [0.05, 0.1) is 50.6 Å². The van der Waals surface area contributed by atoms with Crippen molar-refractivity contribution in [3.63, 3.8) is 0 Å². The second kappa shape index (κ2) is 7.62. The number of pyridine rings is 1. The molecule has 0 spiro atoms. The lowest BCUT2D eigenvalue weighted by molar-refractivity contribution is -0.143. The Morgan fingerprint density at radius 2 is 1.77 bits per heavy atom. The standard InChI is InChI=1S/C20H21N5O5/c1-25-13(16-18(28-2)22-9-23-19(16)29-3)5-10-6-15(21-8-14(10)25)24-17(26)11-7-12(11)20(27)30-4/h5-6,8-9,11-12H,7H2,1-4H3,(H,21,24,26)/t11-,12-/m1/s1. The first-order chi connectivity index (χ1) is 14.5. The van der Waals surface area contributed by atoms with Gasteiger partial charge in [-0.15, -0.1) is 0 Å². The third-order valence-corrected chi connectivity index (χ3v) is 5.23. The predicted molar refractivity (Wildman–Crippen MR) is 107 cm³/mol. The zero-order valence-electron chi connectivity index (χ0n) is 17.0. The second-order valence-electron chi connectivity index (χ2n) is 6.95. The molecule has 0 radical (unpaired) electrons. The summed E-state index contributed by atoms with van der Waals surface area (Å²) in [4.78, 5) is 36.6. The molecule has 1 aliphatic carbocycles. The minimum absolute atomic E-state index is 0.242. The highest BCUT2D eigenvalue weighted by Gasteiger charge is 2.49. The summed E-state index contributed by atoms with van der Waals surface area (Å²) in [5.74, 6) is -0.180. The Labute approximate surface area is 172 Å². The molecule has 1 aliphatic rings. The summed E-state index contributed by atoms with van der Waals surface area (Å²) in [6, 6.07) is 3.69. The van der Waals surface area contributed by atoms with Crippen LogP contribution in [0.25, 0.3) is 22.2 Å². The van der Waals surface area contributed by atoms with Gasteiger partial charge in [0.25, 0.3) is 0 Å². The zero-order chi connectivity index (χ0) is 21.4. The number of rotatable bonds is 6. The van der Waals surface area contributed by atoms with E-state index in [4.69, 9.17) is 14.2 Å². The van der Waals surface area contributed by atoms with Crippen molar-refractivity contribution >= 4 is 28.6 Å². The van der Waals surface area contributed by atoms with Crippen molar-refractivity contribution in [3.8, 4) is 23.0 Å². The van der Waals surface area contributed by atoms with Gasteiger partial charge in [-0.05, 0) is 18.6 Å². The van der Waals surface area contributed by atoms with Crippen molar-refractivity contribution in [1.29, 1.82) is 0 Å². The fraction of sp³-hybridized carbons (Fsp3) is 0.350. The van der Waals surface area contributed by atoms with Gasteiger partial charge >= 0.3 is 5.97 Å².